The number of hydrogen-bond donors (Lipinski definition) is 1. The number of carbonyl (C=O) groups is 1. The zero-order chi connectivity index (χ0) is 13.0. The first-order chi connectivity index (χ1) is 8.70. The van der Waals surface area contributed by atoms with Crippen LogP contribution >= 0.6 is 35.0 Å². The van der Waals surface area contributed by atoms with E-state index in [-0.39, 0.29) is 18.3 Å². The number of halogens is 2. The van der Waals surface area contributed by atoms with E-state index < -0.39 is 0 Å². The molecular formula is C14H20ClIN2O. The van der Waals surface area contributed by atoms with Crippen molar-refractivity contribution in [3.05, 3.63) is 33.4 Å². The van der Waals surface area contributed by atoms with Crippen molar-refractivity contribution in [2.75, 3.05) is 20.1 Å². The molecule has 0 saturated carbocycles. The van der Waals surface area contributed by atoms with Gasteiger partial charge >= 0.3 is 0 Å². The van der Waals surface area contributed by atoms with Gasteiger partial charge in [-0.05, 0) is 60.2 Å². The third-order valence-corrected chi connectivity index (χ3v) is 4.05. The van der Waals surface area contributed by atoms with Crippen LogP contribution in [-0.4, -0.2) is 37.0 Å². The van der Waals surface area contributed by atoms with Crippen LogP contribution in [0.1, 0.15) is 18.4 Å². The number of likely N-dealkylation sites (N-methyl/N-ethyl adjacent to an activating group) is 1. The Kier molecular flexibility index (Phi) is 7.10. The van der Waals surface area contributed by atoms with E-state index in [9.17, 15) is 4.79 Å². The van der Waals surface area contributed by atoms with Crippen LogP contribution in [0.3, 0.4) is 0 Å². The fourth-order valence-corrected chi connectivity index (χ4v) is 3.14. The molecule has 0 spiro atoms. The van der Waals surface area contributed by atoms with Gasteiger partial charge in [-0.3, -0.25) is 4.79 Å². The Labute approximate surface area is 134 Å². The molecule has 19 heavy (non-hydrogen) atoms. The zero-order valence-electron chi connectivity index (χ0n) is 11.1. The van der Waals surface area contributed by atoms with Gasteiger partial charge in [0.05, 0.1) is 6.42 Å². The second kappa shape index (κ2) is 8.07. The van der Waals surface area contributed by atoms with Gasteiger partial charge in [-0.15, -0.1) is 12.4 Å². The highest BCUT2D eigenvalue weighted by Gasteiger charge is 2.27. The first-order valence-corrected chi connectivity index (χ1v) is 7.47. The standard InChI is InChI=1S/C14H19IN2O.ClH/c1-16-10-13-6-3-7-17(13)14(18)9-11-4-2-5-12(15)8-11;/h2,4-5,8,13,16H,3,6-7,9-10H2,1H3;1H. The first-order valence-electron chi connectivity index (χ1n) is 6.39. The zero-order valence-corrected chi connectivity index (χ0v) is 14.0. The Morgan fingerprint density at radius 3 is 3.00 bits per heavy atom. The van der Waals surface area contributed by atoms with Crippen molar-refractivity contribution in [3.8, 4) is 0 Å². The normalized spacial score (nSPS) is 18.2. The number of amides is 1. The van der Waals surface area contributed by atoms with E-state index in [1.165, 1.54) is 3.57 Å². The van der Waals surface area contributed by atoms with Crippen molar-refractivity contribution in [2.45, 2.75) is 25.3 Å². The molecule has 1 aromatic rings. The van der Waals surface area contributed by atoms with Gasteiger partial charge in [0.15, 0.2) is 0 Å². The third-order valence-electron chi connectivity index (χ3n) is 3.38. The number of rotatable bonds is 4. The topological polar surface area (TPSA) is 32.3 Å². The maximum absolute atomic E-state index is 12.3. The number of hydrogen-bond acceptors (Lipinski definition) is 2. The van der Waals surface area contributed by atoms with Crippen LogP contribution < -0.4 is 5.32 Å². The van der Waals surface area contributed by atoms with E-state index >= 15 is 0 Å². The lowest BCUT2D eigenvalue weighted by atomic mass is 10.1. The highest BCUT2D eigenvalue weighted by atomic mass is 127. The van der Waals surface area contributed by atoms with Crippen LogP contribution in [0.2, 0.25) is 0 Å². The molecule has 0 bridgehead atoms. The summed E-state index contributed by atoms with van der Waals surface area (Å²) >= 11 is 2.28. The summed E-state index contributed by atoms with van der Waals surface area (Å²) in [6.07, 6.45) is 2.78. The molecule has 1 unspecified atom stereocenters. The average molecular weight is 395 g/mol. The predicted octanol–water partition coefficient (Wildman–Crippen LogP) is 2.47. The number of likely N-dealkylation sites (tertiary alicyclic amines) is 1. The SMILES string of the molecule is CNCC1CCCN1C(=O)Cc1cccc(I)c1.Cl. The van der Waals surface area contributed by atoms with Crippen LogP contribution in [-0.2, 0) is 11.2 Å². The van der Waals surface area contributed by atoms with Gasteiger partial charge in [0, 0.05) is 22.7 Å². The lowest BCUT2D eigenvalue weighted by Crippen LogP contribution is -2.41. The molecule has 0 aromatic heterocycles. The largest absolute Gasteiger partial charge is 0.338 e. The molecule has 1 aliphatic rings. The van der Waals surface area contributed by atoms with Gasteiger partial charge in [0.25, 0.3) is 0 Å². The molecule has 1 N–H and O–H groups in total. The summed E-state index contributed by atoms with van der Waals surface area (Å²) in [6.45, 7) is 1.81. The van der Waals surface area contributed by atoms with Crippen LogP contribution in [0.4, 0.5) is 0 Å². The van der Waals surface area contributed by atoms with E-state index in [1.807, 2.05) is 30.1 Å². The molecule has 0 aliphatic carbocycles. The summed E-state index contributed by atoms with van der Waals surface area (Å²) in [4.78, 5) is 14.3. The van der Waals surface area contributed by atoms with Crippen molar-refractivity contribution in [1.82, 2.24) is 10.2 Å². The molecule has 1 aromatic carbocycles. The number of benzene rings is 1. The maximum Gasteiger partial charge on any atom is 0.227 e. The molecule has 0 radical (unpaired) electrons. The van der Waals surface area contributed by atoms with Crippen LogP contribution in [0.5, 0.6) is 0 Å². The van der Waals surface area contributed by atoms with Crippen molar-refractivity contribution in [2.24, 2.45) is 0 Å². The summed E-state index contributed by atoms with van der Waals surface area (Å²) in [6, 6.07) is 8.56. The highest BCUT2D eigenvalue weighted by molar-refractivity contribution is 14.1. The van der Waals surface area contributed by atoms with Crippen LogP contribution in [0.25, 0.3) is 0 Å². The fraction of sp³-hybridized carbons (Fsp3) is 0.500. The van der Waals surface area contributed by atoms with Gasteiger partial charge in [0.1, 0.15) is 0 Å². The maximum atomic E-state index is 12.3. The summed E-state index contributed by atoms with van der Waals surface area (Å²) < 4.78 is 1.19. The highest BCUT2D eigenvalue weighted by Crippen LogP contribution is 2.18. The molecule has 2 rings (SSSR count). The number of nitrogens with zero attached hydrogens (tertiary/aromatic N) is 1. The number of carbonyl (C=O) groups excluding carboxylic acids is 1. The summed E-state index contributed by atoms with van der Waals surface area (Å²) in [5.74, 6) is 0.259. The Morgan fingerprint density at radius 1 is 1.53 bits per heavy atom. The van der Waals surface area contributed by atoms with Crippen molar-refractivity contribution in [3.63, 3.8) is 0 Å². The first kappa shape index (κ1) is 16.7. The predicted molar refractivity (Wildman–Crippen MR) is 88.8 cm³/mol. The molecule has 1 atom stereocenters. The molecular weight excluding hydrogens is 375 g/mol. The smallest absolute Gasteiger partial charge is 0.227 e. The lowest BCUT2D eigenvalue weighted by molar-refractivity contribution is -0.131. The molecule has 1 amide bonds. The van der Waals surface area contributed by atoms with E-state index in [0.29, 0.717) is 12.5 Å². The second-order valence-corrected chi connectivity index (χ2v) is 5.99. The molecule has 1 aliphatic heterocycles. The fourth-order valence-electron chi connectivity index (χ4n) is 2.53. The van der Waals surface area contributed by atoms with Gasteiger partial charge in [0.2, 0.25) is 5.91 Å². The molecule has 5 heteroatoms. The minimum atomic E-state index is 0. The summed E-state index contributed by atoms with van der Waals surface area (Å²) in [5, 5.41) is 3.17. The van der Waals surface area contributed by atoms with Gasteiger partial charge in [-0.2, -0.15) is 0 Å². The minimum absolute atomic E-state index is 0. The monoisotopic (exact) mass is 394 g/mol. The van der Waals surface area contributed by atoms with E-state index in [2.05, 4.69) is 34.0 Å². The van der Waals surface area contributed by atoms with E-state index in [1.54, 1.807) is 0 Å². The second-order valence-electron chi connectivity index (χ2n) is 4.75. The summed E-state index contributed by atoms with van der Waals surface area (Å²) in [7, 11) is 1.94. The van der Waals surface area contributed by atoms with Crippen LogP contribution in [0.15, 0.2) is 24.3 Å². The van der Waals surface area contributed by atoms with Crippen molar-refractivity contribution < 1.29 is 4.79 Å². The Balaban J connectivity index is 0.00000180. The average Bonchev–Trinajstić information content (AvgIpc) is 2.78. The van der Waals surface area contributed by atoms with Gasteiger partial charge in [-0.25, -0.2) is 0 Å². The minimum Gasteiger partial charge on any atom is -0.338 e. The van der Waals surface area contributed by atoms with Gasteiger partial charge in [-0.1, -0.05) is 12.1 Å². The molecule has 106 valence electrons. The Morgan fingerprint density at radius 2 is 2.32 bits per heavy atom. The Hall–Kier alpha value is -0.330. The molecule has 1 fully saturated rings. The Bertz CT molecular complexity index is 428. The molecule has 1 saturated heterocycles. The van der Waals surface area contributed by atoms with E-state index in [4.69, 9.17) is 0 Å². The lowest BCUT2D eigenvalue weighted by Gasteiger charge is -2.24. The third kappa shape index (κ3) is 4.61. The quantitative estimate of drug-likeness (QED) is 0.796. The van der Waals surface area contributed by atoms with Gasteiger partial charge < -0.3 is 10.2 Å². The van der Waals surface area contributed by atoms with E-state index in [0.717, 1.165) is 31.5 Å². The van der Waals surface area contributed by atoms with Crippen molar-refractivity contribution >= 4 is 40.9 Å². The van der Waals surface area contributed by atoms with Crippen molar-refractivity contribution in [1.29, 1.82) is 0 Å². The number of nitrogens with one attached hydrogen (secondary N) is 1. The summed E-state index contributed by atoms with van der Waals surface area (Å²) in [5.41, 5.74) is 1.11. The van der Waals surface area contributed by atoms with Crippen LogP contribution in [0, 0.1) is 3.57 Å². The molecule has 1 heterocycles. The molecule has 3 nitrogen and oxygen atoms in total.